The highest BCUT2D eigenvalue weighted by Crippen LogP contribution is 2.25. The van der Waals surface area contributed by atoms with Crippen molar-refractivity contribution in [2.24, 2.45) is 7.05 Å². The van der Waals surface area contributed by atoms with E-state index in [9.17, 15) is 4.39 Å². The first-order valence-electron chi connectivity index (χ1n) is 6.29. The van der Waals surface area contributed by atoms with E-state index in [1.807, 2.05) is 0 Å². The molecule has 21 heavy (non-hydrogen) atoms. The molecule has 0 aliphatic rings. The molecule has 2 aromatic heterocycles. The molecule has 1 aromatic carbocycles. The van der Waals surface area contributed by atoms with Crippen LogP contribution in [-0.2, 0) is 11.8 Å². The van der Waals surface area contributed by atoms with Crippen molar-refractivity contribution in [3.8, 4) is 11.6 Å². The standard InChI is InChI=1S/C14H13FN4O2/c1-19-11(7-8-16-19)14-17-13(18-21-14)12(20-2)9-3-5-10(15)6-4-9/h3-8,12H,1-2H3/t12-/m1/s1. The molecule has 0 bridgehead atoms. The Kier molecular flexibility index (Phi) is 3.49. The first-order chi connectivity index (χ1) is 10.2. The molecule has 0 N–H and O–H groups in total. The number of hydrogen-bond acceptors (Lipinski definition) is 5. The first kappa shape index (κ1) is 13.4. The fraction of sp³-hybridized carbons (Fsp3) is 0.214. The van der Waals surface area contributed by atoms with Crippen LogP contribution in [0, 0.1) is 5.82 Å². The van der Waals surface area contributed by atoms with Crippen LogP contribution in [0.1, 0.15) is 17.5 Å². The van der Waals surface area contributed by atoms with Crippen LogP contribution in [-0.4, -0.2) is 27.0 Å². The summed E-state index contributed by atoms with van der Waals surface area (Å²) in [7, 11) is 3.32. The lowest BCUT2D eigenvalue weighted by atomic mass is 10.1. The Morgan fingerprint density at radius 2 is 2.00 bits per heavy atom. The summed E-state index contributed by atoms with van der Waals surface area (Å²) in [5, 5.41) is 7.99. The monoisotopic (exact) mass is 288 g/mol. The first-order valence-corrected chi connectivity index (χ1v) is 6.29. The average Bonchev–Trinajstić information content (AvgIpc) is 3.11. The van der Waals surface area contributed by atoms with Crippen LogP contribution in [0.15, 0.2) is 41.1 Å². The summed E-state index contributed by atoms with van der Waals surface area (Å²) in [5.74, 6) is 0.423. The summed E-state index contributed by atoms with van der Waals surface area (Å²) >= 11 is 0. The van der Waals surface area contributed by atoms with Crippen LogP contribution in [0.25, 0.3) is 11.6 Å². The van der Waals surface area contributed by atoms with Crippen molar-refractivity contribution in [2.45, 2.75) is 6.10 Å². The maximum absolute atomic E-state index is 13.0. The van der Waals surface area contributed by atoms with Gasteiger partial charge in [-0.3, -0.25) is 4.68 Å². The van der Waals surface area contributed by atoms with Crippen molar-refractivity contribution in [2.75, 3.05) is 7.11 Å². The van der Waals surface area contributed by atoms with Crippen LogP contribution in [0.3, 0.4) is 0 Å². The van der Waals surface area contributed by atoms with E-state index in [1.54, 1.807) is 36.1 Å². The molecule has 7 heteroatoms. The van der Waals surface area contributed by atoms with Crippen molar-refractivity contribution in [3.05, 3.63) is 53.7 Å². The summed E-state index contributed by atoms with van der Waals surface area (Å²) in [6.45, 7) is 0. The molecule has 0 aliphatic heterocycles. The van der Waals surface area contributed by atoms with Gasteiger partial charge < -0.3 is 9.26 Å². The van der Waals surface area contributed by atoms with Gasteiger partial charge in [0, 0.05) is 20.4 Å². The van der Waals surface area contributed by atoms with E-state index in [1.165, 1.54) is 19.2 Å². The molecule has 1 atom stereocenters. The van der Waals surface area contributed by atoms with E-state index in [2.05, 4.69) is 15.2 Å². The number of hydrogen-bond donors (Lipinski definition) is 0. The molecule has 6 nitrogen and oxygen atoms in total. The van der Waals surface area contributed by atoms with E-state index >= 15 is 0 Å². The number of rotatable bonds is 4. The Morgan fingerprint density at radius 3 is 2.62 bits per heavy atom. The van der Waals surface area contributed by atoms with E-state index < -0.39 is 6.10 Å². The third-order valence-electron chi connectivity index (χ3n) is 3.12. The van der Waals surface area contributed by atoms with Gasteiger partial charge in [-0.25, -0.2) is 4.39 Å². The summed E-state index contributed by atoms with van der Waals surface area (Å²) in [6, 6.07) is 7.76. The van der Waals surface area contributed by atoms with Crippen molar-refractivity contribution in [1.29, 1.82) is 0 Å². The molecule has 0 amide bonds. The highest BCUT2D eigenvalue weighted by molar-refractivity contribution is 5.46. The topological polar surface area (TPSA) is 66.0 Å². The number of ether oxygens (including phenoxy) is 1. The van der Waals surface area contributed by atoms with Gasteiger partial charge in [0.1, 0.15) is 17.6 Å². The Hall–Kier alpha value is -2.54. The van der Waals surface area contributed by atoms with Gasteiger partial charge in [0.25, 0.3) is 5.89 Å². The van der Waals surface area contributed by atoms with E-state index in [-0.39, 0.29) is 5.82 Å². The molecule has 0 aliphatic carbocycles. The Bertz CT molecular complexity index is 736. The predicted molar refractivity (Wildman–Crippen MR) is 71.8 cm³/mol. The molecule has 108 valence electrons. The van der Waals surface area contributed by atoms with Crippen molar-refractivity contribution >= 4 is 0 Å². The maximum atomic E-state index is 13.0. The van der Waals surface area contributed by atoms with Gasteiger partial charge in [-0.1, -0.05) is 17.3 Å². The van der Waals surface area contributed by atoms with Gasteiger partial charge in [0.15, 0.2) is 0 Å². The van der Waals surface area contributed by atoms with Crippen LogP contribution in [0.4, 0.5) is 4.39 Å². The molecule has 3 aromatic rings. The number of aryl methyl sites for hydroxylation is 1. The van der Waals surface area contributed by atoms with Crippen LogP contribution < -0.4 is 0 Å². The largest absolute Gasteiger partial charge is 0.369 e. The van der Waals surface area contributed by atoms with E-state index in [0.717, 1.165) is 5.56 Å². The molecule has 2 heterocycles. The van der Waals surface area contributed by atoms with Crippen LogP contribution in [0.5, 0.6) is 0 Å². The highest BCUT2D eigenvalue weighted by Gasteiger charge is 2.21. The lowest BCUT2D eigenvalue weighted by Crippen LogP contribution is -2.05. The number of methoxy groups -OCH3 is 1. The third-order valence-corrected chi connectivity index (χ3v) is 3.12. The van der Waals surface area contributed by atoms with Gasteiger partial charge in [0.2, 0.25) is 5.82 Å². The van der Waals surface area contributed by atoms with Crippen molar-refractivity contribution in [3.63, 3.8) is 0 Å². The molecule has 0 radical (unpaired) electrons. The number of halogens is 1. The Labute approximate surface area is 120 Å². The Morgan fingerprint density at radius 1 is 1.24 bits per heavy atom. The second-order valence-electron chi connectivity index (χ2n) is 4.47. The van der Waals surface area contributed by atoms with Crippen molar-refractivity contribution in [1.82, 2.24) is 19.9 Å². The van der Waals surface area contributed by atoms with Crippen LogP contribution in [0.2, 0.25) is 0 Å². The van der Waals surface area contributed by atoms with E-state index in [0.29, 0.717) is 17.4 Å². The normalized spacial score (nSPS) is 12.5. The van der Waals surface area contributed by atoms with Gasteiger partial charge in [0.05, 0.1) is 0 Å². The lowest BCUT2D eigenvalue weighted by Gasteiger charge is -2.11. The van der Waals surface area contributed by atoms with Gasteiger partial charge in [-0.05, 0) is 23.8 Å². The minimum absolute atomic E-state index is 0.308. The molecule has 0 saturated carbocycles. The van der Waals surface area contributed by atoms with Crippen molar-refractivity contribution < 1.29 is 13.7 Å². The Balaban J connectivity index is 1.94. The zero-order chi connectivity index (χ0) is 14.8. The zero-order valence-corrected chi connectivity index (χ0v) is 11.5. The van der Waals surface area contributed by atoms with E-state index in [4.69, 9.17) is 9.26 Å². The third kappa shape index (κ3) is 2.55. The molecule has 0 unspecified atom stereocenters. The molecular weight excluding hydrogens is 275 g/mol. The summed E-state index contributed by atoms with van der Waals surface area (Å²) in [4.78, 5) is 4.33. The smallest absolute Gasteiger partial charge is 0.276 e. The maximum Gasteiger partial charge on any atom is 0.276 e. The molecular formula is C14H13FN4O2. The average molecular weight is 288 g/mol. The highest BCUT2D eigenvalue weighted by atomic mass is 19.1. The quantitative estimate of drug-likeness (QED) is 0.737. The molecule has 0 spiro atoms. The fourth-order valence-corrected chi connectivity index (χ4v) is 2.06. The number of benzene rings is 1. The van der Waals surface area contributed by atoms with Crippen LogP contribution >= 0.6 is 0 Å². The second-order valence-corrected chi connectivity index (χ2v) is 4.47. The second kappa shape index (κ2) is 5.45. The number of aromatic nitrogens is 4. The predicted octanol–water partition coefficient (Wildman–Crippen LogP) is 2.34. The molecule has 0 saturated heterocycles. The minimum Gasteiger partial charge on any atom is -0.369 e. The fourth-order valence-electron chi connectivity index (χ4n) is 2.06. The van der Waals surface area contributed by atoms with Gasteiger partial charge in [-0.15, -0.1) is 0 Å². The van der Waals surface area contributed by atoms with Gasteiger partial charge in [-0.2, -0.15) is 10.1 Å². The van der Waals surface area contributed by atoms with Gasteiger partial charge >= 0.3 is 0 Å². The number of nitrogens with zero attached hydrogens (tertiary/aromatic N) is 4. The summed E-state index contributed by atoms with van der Waals surface area (Å²) in [6.07, 6.45) is 1.13. The lowest BCUT2D eigenvalue weighted by molar-refractivity contribution is 0.126. The molecule has 0 fully saturated rings. The zero-order valence-electron chi connectivity index (χ0n) is 11.5. The SMILES string of the molecule is CO[C@H](c1ccc(F)cc1)c1noc(-c2ccnn2C)n1. The summed E-state index contributed by atoms with van der Waals surface area (Å²) in [5.41, 5.74) is 1.46. The molecule has 3 rings (SSSR count). The minimum atomic E-state index is -0.517. The summed E-state index contributed by atoms with van der Waals surface area (Å²) < 4.78 is 25.3.